The Hall–Kier alpha value is -1.88. The van der Waals surface area contributed by atoms with Crippen LogP contribution in [0.2, 0.25) is 5.28 Å². The number of aryl methyl sites for hydroxylation is 1. The highest BCUT2D eigenvalue weighted by Gasteiger charge is 2.10. The molecule has 0 bridgehead atoms. The summed E-state index contributed by atoms with van der Waals surface area (Å²) >= 11 is 5.84. The normalized spacial score (nSPS) is 10.4. The van der Waals surface area contributed by atoms with Crippen LogP contribution in [0.3, 0.4) is 0 Å². The number of halogens is 1. The lowest BCUT2D eigenvalue weighted by Crippen LogP contribution is -2.03. The molecule has 1 aromatic heterocycles. The predicted octanol–water partition coefficient (Wildman–Crippen LogP) is 3.72. The largest absolute Gasteiger partial charge is 0.463 e. The average Bonchev–Trinajstić information content (AvgIpc) is 2.41. The smallest absolute Gasteiger partial charge is 0.329 e. The standard InChI is InChI=1S/C14H16ClN3O2/c1-4-8-19-13-16-12(15)17-14(18-13)20-11-7-5-6-9(2)10(11)3/h5-7H,4,8H2,1-3H3. The summed E-state index contributed by atoms with van der Waals surface area (Å²) in [6.07, 6.45) is 0.858. The van der Waals surface area contributed by atoms with Crippen molar-refractivity contribution in [3.63, 3.8) is 0 Å². The Morgan fingerprint density at radius 2 is 1.85 bits per heavy atom. The van der Waals surface area contributed by atoms with E-state index in [0.717, 1.165) is 17.5 Å². The summed E-state index contributed by atoms with van der Waals surface area (Å²) < 4.78 is 11.0. The topological polar surface area (TPSA) is 57.1 Å². The monoisotopic (exact) mass is 293 g/mol. The minimum absolute atomic E-state index is 0.0476. The molecule has 6 heteroatoms. The number of rotatable bonds is 5. The van der Waals surface area contributed by atoms with Gasteiger partial charge in [-0.05, 0) is 49.1 Å². The highest BCUT2D eigenvalue weighted by Crippen LogP contribution is 2.25. The summed E-state index contributed by atoms with van der Waals surface area (Å²) in [5.74, 6) is 0.689. The van der Waals surface area contributed by atoms with E-state index in [1.165, 1.54) is 0 Å². The first-order valence-corrected chi connectivity index (χ1v) is 6.76. The fraction of sp³-hybridized carbons (Fsp3) is 0.357. The zero-order chi connectivity index (χ0) is 14.5. The van der Waals surface area contributed by atoms with Crippen molar-refractivity contribution in [1.82, 2.24) is 15.0 Å². The highest BCUT2D eigenvalue weighted by atomic mass is 35.5. The lowest BCUT2D eigenvalue weighted by atomic mass is 10.1. The van der Waals surface area contributed by atoms with Crippen LogP contribution in [0.25, 0.3) is 0 Å². The van der Waals surface area contributed by atoms with Crippen LogP contribution >= 0.6 is 11.6 Å². The first-order chi connectivity index (χ1) is 9.60. The van der Waals surface area contributed by atoms with E-state index in [2.05, 4.69) is 15.0 Å². The minimum Gasteiger partial charge on any atom is -0.463 e. The summed E-state index contributed by atoms with van der Waals surface area (Å²) in [7, 11) is 0. The minimum atomic E-state index is 0.0476. The highest BCUT2D eigenvalue weighted by molar-refractivity contribution is 6.28. The summed E-state index contributed by atoms with van der Waals surface area (Å²) in [6, 6.07) is 6.08. The molecule has 0 atom stereocenters. The van der Waals surface area contributed by atoms with Crippen LogP contribution in [0, 0.1) is 13.8 Å². The van der Waals surface area contributed by atoms with Gasteiger partial charge in [0.15, 0.2) is 0 Å². The van der Waals surface area contributed by atoms with Gasteiger partial charge in [0, 0.05) is 0 Å². The fourth-order valence-corrected chi connectivity index (χ4v) is 1.70. The van der Waals surface area contributed by atoms with Gasteiger partial charge in [-0.25, -0.2) is 0 Å². The second kappa shape index (κ2) is 6.52. The van der Waals surface area contributed by atoms with Gasteiger partial charge in [-0.2, -0.15) is 9.97 Å². The lowest BCUT2D eigenvalue weighted by Gasteiger charge is -2.09. The Kier molecular flexibility index (Phi) is 4.74. The molecule has 106 valence electrons. The maximum absolute atomic E-state index is 5.84. The van der Waals surface area contributed by atoms with Crippen molar-refractivity contribution in [3.05, 3.63) is 34.6 Å². The molecule has 0 aliphatic heterocycles. The maximum atomic E-state index is 5.84. The van der Waals surface area contributed by atoms with Crippen LogP contribution < -0.4 is 9.47 Å². The Morgan fingerprint density at radius 1 is 1.10 bits per heavy atom. The third-order valence-corrected chi connectivity index (χ3v) is 2.93. The molecule has 0 unspecified atom stereocenters. The van der Waals surface area contributed by atoms with Gasteiger partial charge in [0.2, 0.25) is 5.28 Å². The van der Waals surface area contributed by atoms with Crippen molar-refractivity contribution >= 4 is 11.6 Å². The molecule has 1 heterocycles. The Morgan fingerprint density at radius 3 is 2.60 bits per heavy atom. The van der Waals surface area contributed by atoms with E-state index < -0.39 is 0 Å². The molecule has 0 amide bonds. The number of hydrogen-bond acceptors (Lipinski definition) is 5. The third kappa shape index (κ3) is 3.57. The second-order valence-electron chi connectivity index (χ2n) is 4.32. The van der Waals surface area contributed by atoms with Crippen LogP contribution in [0.5, 0.6) is 17.8 Å². The molecule has 0 N–H and O–H groups in total. The molecule has 2 aromatic rings. The first-order valence-electron chi connectivity index (χ1n) is 6.38. The molecule has 1 aromatic carbocycles. The number of hydrogen-bond donors (Lipinski definition) is 0. The number of nitrogens with zero attached hydrogens (tertiary/aromatic N) is 3. The predicted molar refractivity (Wildman–Crippen MR) is 76.6 cm³/mol. The van der Waals surface area contributed by atoms with E-state index >= 15 is 0 Å². The van der Waals surface area contributed by atoms with Crippen molar-refractivity contribution < 1.29 is 9.47 Å². The molecular formula is C14H16ClN3O2. The lowest BCUT2D eigenvalue weighted by molar-refractivity contribution is 0.284. The van der Waals surface area contributed by atoms with E-state index in [1.54, 1.807) is 0 Å². The van der Waals surface area contributed by atoms with Gasteiger partial charge >= 0.3 is 12.0 Å². The SMILES string of the molecule is CCCOc1nc(Cl)nc(Oc2cccc(C)c2C)n1. The molecule has 0 fully saturated rings. The third-order valence-electron chi connectivity index (χ3n) is 2.76. The molecule has 0 saturated carbocycles. The summed E-state index contributed by atoms with van der Waals surface area (Å²) in [4.78, 5) is 11.9. The van der Waals surface area contributed by atoms with Gasteiger partial charge in [-0.3, -0.25) is 0 Å². The quantitative estimate of drug-likeness (QED) is 0.841. The van der Waals surface area contributed by atoms with E-state index in [1.807, 2.05) is 39.0 Å². The zero-order valence-corrected chi connectivity index (χ0v) is 12.4. The molecule has 20 heavy (non-hydrogen) atoms. The molecular weight excluding hydrogens is 278 g/mol. The van der Waals surface area contributed by atoms with Crippen molar-refractivity contribution in [1.29, 1.82) is 0 Å². The second-order valence-corrected chi connectivity index (χ2v) is 4.66. The van der Waals surface area contributed by atoms with Crippen molar-refractivity contribution in [3.8, 4) is 17.8 Å². The van der Waals surface area contributed by atoms with Crippen molar-refractivity contribution in [2.45, 2.75) is 27.2 Å². The Balaban J connectivity index is 2.24. The maximum Gasteiger partial charge on any atom is 0.329 e. The van der Waals surface area contributed by atoms with E-state index in [9.17, 15) is 0 Å². The van der Waals surface area contributed by atoms with Gasteiger partial charge < -0.3 is 9.47 Å². The fourth-order valence-electron chi connectivity index (χ4n) is 1.55. The van der Waals surface area contributed by atoms with E-state index in [0.29, 0.717) is 12.4 Å². The summed E-state index contributed by atoms with van der Waals surface area (Å²) in [6.45, 7) is 6.50. The van der Waals surface area contributed by atoms with Gasteiger partial charge in [0.05, 0.1) is 6.61 Å². The van der Waals surface area contributed by atoms with E-state index in [4.69, 9.17) is 21.1 Å². The number of ether oxygens (including phenoxy) is 2. The van der Waals surface area contributed by atoms with Gasteiger partial charge in [0.1, 0.15) is 5.75 Å². The average molecular weight is 294 g/mol. The van der Waals surface area contributed by atoms with Gasteiger partial charge in [0.25, 0.3) is 0 Å². The number of aromatic nitrogens is 3. The Bertz CT molecular complexity index is 605. The first kappa shape index (κ1) is 14.5. The molecule has 5 nitrogen and oxygen atoms in total. The zero-order valence-electron chi connectivity index (χ0n) is 11.7. The molecule has 0 radical (unpaired) electrons. The molecule has 0 spiro atoms. The molecule has 0 aliphatic carbocycles. The van der Waals surface area contributed by atoms with Crippen molar-refractivity contribution in [2.24, 2.45) is 0 Å². The molecule has 0 aliphatic rings. The van der Waals surface area contributed by atoms with Crippen molar-refractivity contribution in [2.75, 3.05) is 6.61 Å². The van der Waals surface area contributed by atoms with Crippen LogP contribution in [-0.4, -0.2) is 21.6 Å². The van der Waals surface area contributed by atoms with Crippen LogP contribution in [0.1, 0.15) is 24.5 Å². The summed E-state index contributed by atoms with van der Waals surface area (Å²) in [5.41, 5.74) is 2.16. The van der Waals surface area contributed by atoms with Gasteiger partial charge in [-0.1, -0.05) is 19.1 Å². The summed E-state index contributed by atoms with van der Waals surface area (Å²) in [5, 5.41) is 0.0476. The number of benzene rings is 1. The van der Waals surface area contributed by atoms with Crippen LogP contribution in [0.4, 0.5) is 0 Å². The van der Waals surface area contributed by atoms with E-state index in [-0.39, 0.29) is 17.3 Å². The molecule has 0 saturated heterocycles. The Labute approximate surface area is 123 Å². The van der Waals surface area contributed by atoms with Crippen LogP contribution in [-0.2, 0) is 0 Å². The van der Waals surface area contributed by atoms with Gasteiger partial charge in [-0.15, -0.1) is 4.98 Å². The molecule has 2 rings (SSSR count). The van der Waals surface area contributed by atoms with Crippen LogP contribution in [0.15, 0.2) is 18.2 Å².